The lowest BCUT2D eigenvalue weighted by molar-refractivity contribution is 1.06. The maximum absolute atomic E-state index is 2.52. The third kappa shape index (κ3) is 1.49. The van der Waals surface area contributed by atoms with E-state index in [2.05, 4.69) is 101 Å². The Kier molecular flexibility index (Phi) is 2.46. The van der Waals surface area contributed by atoms with Crippen molar-refractivity contribution in [2.24, 2.45) is 0 Å². The summed E-state index contributed by atoms with van der Waals surface area (Å²) in [5, 5.41) is 5.58. The van der Waals surface area contributed by atoms with Crippen LogP contribution in [0.4, 0.5) is 0 Å². The third-order valence-corrected chi connectivity index (χ3v) is 7.94. The zero-order chi connectivity index (χ0) is 20.6. The van der Waals surface area contributed by atoms with E-state index in [4.69, 9.17) is 0 Å². The Morgan fingerprint density at radius 2 is 0.969 bits per heavy atom. The van der Waals surface area contributed by atoms with Crippen LogP contribution in [0.2, 0.25) is 0 Å². The molecule has 32 heavy (non-hydrogen) atoms. The number of para-hydroxylation sites is 2. The van der Waals surface area contributed by atoms with Gasteiger partial charge in [-0.1, -0.05) is 84.9 Å². The topological polar surface area (TPSA) is 4.41 Å². The van der Waals surface area contributed by atoms with Crippen molar-refractivity contribution in [3.05, 3.63) is 114 Å². The molecule has 2 aromatic heterocycles. The van der Waals surface area contributed by atoms with Crippen molar-refractivity contribution in [1.29, 1.82) is 0 Å². The van der Waals surface area contributed by atoms with Crippen LogP contribution in [0.5, 0.6) is 0 Å². The summed E-state index contributed by atoms with van der Waals surface area (Å²) < 4.78 is 2.52. The highest BCUT2D eigenvalue weighted by molar-refractivity contribution is 6.33. The van der Waals surface area contributed by atoms with Crippen molar-refractivity contribution in [1.82, 2.24) is 4.40 Å². The van der Waals surface area contributed by atoms with E-state index in [1.165, 1.54) is 77.0 Å². The van der Waals surface area contributed by atoms with Crippen LogP contribution >= 0.6 is 0 Å². The zero-order valence-electron chi connectivity index (χ0n) is 17.3. The predicted molar refractivity (Wildman–Crippen MR) is 133 cm³/mol. The van der Waals surface area contributed by atoms with Crippen molar-refractivity contribution in [2.45, 2.75) is 5.92 Å². The minimum absolute atomic E-state index is 0.336. The van der Waals surface area contributed by atoms with Gasteiger partial charge in [0.25, 0.3) is 0 Å². The fourth-order valence-electron chi connectivity index (χ4n) is 6.91. The highest BCUT2D eigenvalue weighted by atomic mass is 14.9. The molecule has 0 fully saturated rings. The van der Waals surface area contributed by atoms with E-state index < -0.39 is 0 Å². The summed E-state index contributed by atoms with van der Waals surface area (Å²) in [6.07, 6.45) is 0. The second kappa shape index (κ2) is 5.03. The van der Waals surface area contributed by atoms with E-state index >= 15 is 0 Å². The number of hydrogen-bond acceptors (Lipinski definition) is 0. The summed E-state index contributed by atoms with van der Waals surface area (Å²) in [6.45, 7) is 0. The van der Waals surface area contributed by atoms with Crippen LogP contribution in [-0.4, -0.2) is 4.40 Å². The van der Waals surface area contributed by atoms with Crippen LogP contribution < -0.4 is 0 Å². The van der Waals surface area contributed by atoms with Crippen molar-refractivity contribution in [2.75, 3.05) is 0 Å². The number of benzene rings is 5. The Hall–Kier alpha value is -4.10. The normalized spacial score (nSPS) is 14.1. The van der Waals surface area contributed by atoms with Gasteiger partial charge in [-0.05, 0) is 51.1 Å². The van der Waals surface area contributed by atoms with Crippen LogP contribution in [0.1, 0.15) is 22.6 Å². The second-order valence-electron chi connectivity index (χ2n) is 9.24. The van der Waals surface area contributed by atoms with Gasteiger partial charge in [-0.2, -0.15) is 0 Å². The van der Waals surface area contributed by atoms with E-state index in [0.717, 1.165) is 0 Å². The van der Waals surface area contributed by atoms with Gasteiger partial charge in [-0.25, -0.2) is 0 Å². The Morgan fingerprint density at radius 1 is 0.500 bits per heavy atom. The SMILES string of the molecule is c1ccc2c(c1)-c1c3c(c4c5ccccc5n5c6ccccc6c1c45)-c1ccccc1C23. The molecule has 0 bridgehead atoms. The Morgan fingerprint density at radius 3 is 1.53 bits per heavy atom. The first-order valence-corrected chi connectivity index (χ1v) is 11.3. The first-order chi connectivity index (χ1) is 15.9. The highest BCUT2D eigenvalue weighted by Crippen LogP contribution is 2.63. The quantitative estimate of drug-likeness (QED) is 0.242. The number of fused-ring (bicyclic) bond motifs is 14. The Balaban J connectivity index is 1.71. The molecular weight excluding hydrogens is 386 g/mol. The van der Waals surface area contributed by atoms with Gasteiger partial charge in [-0.15, -0.1) is 0 Å². The van der Waals surface area contributed by atoms with E-state index in [0.29, 0.717) is 5.92 Å². The van der Waals surface area contributed by atoms with Gasteiger partial charge in [0.1, 0.15) is 0 Å². The Labute approximate surface area is 184 Å². The molecule has 1 nitrogen and oxygen atoms in total. The maximum atomic E-state index is 2.52. The summed E-state index contributed by atoms with van der Waals surface area (Å²) in [5.74, 6) is 0.336. The summed E-state index contributed by atoms with van der Waals surface area (Å²) in [6, 6.07) is 36.1. The number of aromatic nitrogens is 1. The molecule has 0 saturated carbocycles. The van der Waals surface area contributed by atoms with Gasteiger partial charge in [-0.3, -0.25) is 0 Å². The average molecular weight is 403 g/mol. The van der Waals surface area contributed by atoms with E-state index in [1.54, 1.807) is 0 Å². The summed E-state index contributed by atoms with van der Waals surface area (Å²) >= 11 is 0. The maximum Gasteiger partial charge on any atom is 0.0633 e. The van der Waals surface area contributed by atoms with Crippen molar-refractivity contribution >= 4 is 38.1 Å². The zero-order valence-corrected chi connectivity index (χ0v) is 17.3. The largest absolute Gasteiger partial charge is 0.308 e. The lowest BCUT2D eigenvalue weighted by atomic mass is 9.91. The van der Waals surface area contributed by atoms with Crippen LogP contribution in [0.15, 0.2) is 97.1 Å². The molecule has 9 rings (SSSR count). The van der Waals surface area contributed by atoms with E-state index in [9.17, 15) is 0 Å². The number of rotatable bonds is 0. The summed E-state index contributed by atoms with van der Waals surface area (Å²) in [4.78, 5) is 0. The second-order valence-corrected chi connectivity index (χ2v) is 9.24. The van der Waals surface area contributed by atoms with Crippen molar-refractivity contribution in [3.8, 4) is 22.3 Å². The van der Waals surface area contributed by atoms with Crippen LogP contribution in [-0.2, 0) is 0 Å². The fourth-order valence-corrected chi connectivity index (χ4v) is 6.91. The van der Waals surface area contributed by atoms with Crippen molar-refractivity contribution in [3.63, 3.8) is 0 Å². The van der Waals surface area contributed by atoms with Gasteiger partial charge >= 0.3 is 0 Å². The molecule has 0 radical (unpaired) electrons. The van der Waals surface area contributed by atoms with Crippen LogP contribution in [0.3, 0.4) is 0 Å². The van der Waals surface area contributed by atoms with Gasteiger partial charge in [0.05, 0.1) is 16.6 Å². The molecule has 2 heterocycles. The lowest BCUT2D eigenvalue weighted by Crippen LogP contribution is -1.93. The first kappa shape index (κ1) is 15.7. The molecule has 2 aliphatic carbocycles. The molecule has 0 saturated heterocycles. The van der Waals surface area contributed by atoms with Gasteiger partial charge in [0.15, 0.2) is 0 Å². The molecule has 0 amide bonds. The smallest absolute Gasteiger partial charge is 0.0633 e. The monoisotopic (exact) mass is 403 g/mol. The molecule has 2 aliphatic rings. The van der Waals surface area contributed by atoms with Crippen LogP contribution in [0, 0.1) is 0 Å². The molecule has 146 valence electrons. The van der Waals surface area contributed by atoms with Crippen LogP contribution in [0.25, 0.3) is 60.3 Å². The molecule has 0 aliphatic heterocycles. The van der Waals surface area contributed by atoms with Gasteiger partial charge in [0, 0.05) is 27.5 Å². The highest BCUT2D eigenvalue weighted by Gasteiger charge is 2.42. The molecular formula is C31H17N. The minimum atomic E-state index is 0.336. The predicted octanol–water partition coefficient (Wildman–Crippen LogP) is 7.98. The molecule has 0 spiro atoms. The molecule has 0 atom stereocenters. The number of hydrogen-bond donors (Lipinski definition) is 0. The minimum Gasteiger partial charge on any atom is -0.308 e. The average Bonchev–Trinajstić information content (AvgIpc) is 3.56. The Bertz CT molecular complexity index is 1800. The molecule has 7 aromatic rings. The summed E-state index contributed by atoms with van der Waals surface area (Å²) in [5.41, 5.74) is 14.2. The molecule has 5 aromatic carbocycles. The van der Waals surface area contributed by atoms with Gasteiger partial charge < -0.3 is 4.40 Å². The van der Waals surface area contributed by atoms with Crippen molar-refractivity contribution < 1.29 is 0 Å². The molecule has 0 N–H and O–H groups in total. The van der Waals surface area contributed by atoms with E-state index in [-0.39, 0.29) is 0 Å². The third-order valence-electron chi connectivity index (χ3n) is 7.94. The van der Waals surface area contributed by atoms with E-state index in [1.807, 2.05) is 0 Å². The molecule has 1 heteroatoms. The standard InChI is InChI=1S/C31H17N/c1-3-11-19-17(9-1)25-18-10-2-4-12-20(18)27-29-22-14-6-8-16-24(22)32-23-15-7-5-13-21(23)28(31(29)32)26(19)30(25)27/h1-16,25H. The lowest BCUT2D eigenvalue weighted by Gasteiger charge is -2.11. The first-order valence-electron chi connectivity index (χ1n) is 11.3. The fraction of sp³-hybridized carbons (Fsp3) is 0.0323. The summed E-state index contributed by atoms with van der Waals surface area (Å²) in [7, 11) is 0. The molecule has 0 unspecified atom stereocenters. The van der Waals surface area contributed by atoms with Gasteiger partial charge in [0.2, 0.25) is 0 Å². The number of nitrogens with zero attached hydrogens (tertiary/aromatic N) is 1.